The standard InChI is InChI=1S/C33H32N2O6S3/c1-6-14-33(15-7-2,29-21(5)34-19(3)20(4)35-29)41-31(39)28(17-22-8-13-26(36)27(37)16-22)40-30(38)24-11-9-23(10-12-24)25-18-43-44-32(25)42/h6-13,16,18,28,36-37H,1-2,14-15,17H2,3-5H3. The van der Waals surface area contributed by atoms with Crippen LogP contribution in [0.5, 0.6) is 11.5 Å². The van der Waals surface area contributed by atoms with Gasteiger partial charge in [-0.25, -0.2) is 9.59 Å². The molecule has 1 unspecified atom stereocenters. The van der Waals surface area contributed by atoms with E-state index in [2.05, 4.69) is 18.1 Å². The zero-order valence-electron chi connectivity index (χ0n) is 24.5. The lowest BCUT2D eigenvalue weighted by Crippen LogP contribution is -2.40. The third kappa shape index (κ3) is 7.29. The molecule has 0 spiro atoms. The Balaban J connectivity index is 1.69. The first-order valence-corrected chi connectivity index (χ1v) is 16.3. The lowest BCUT2D eigenvalue weighted by Gasteiger charge is -2.34. The number of hydrogen-bond acceptors (Lipinski definition) is 11. The predicted molar refractivity (Wildman–Crippen MR) is 175 cm³/mol. The van der Waals surface area contributed by atoms with E-state index in [0.717, 1.165) is 20.6 Å². The number of nitrogens with zero attached hydrogens (tertiary/aromatic N) is 2. The van der Waals surface area contributed by atoms with E-state index in [-0.39, 0.29) is 36.3 Å². The van der Waals surface area contributed by atoms with E-state index in [0.29, 0.717) is 22.6 Å². The van der Waals surface area contributed by atoms with Crippen LogP contribution in [0.2, 0.25) is 0 Å². The number of aromatic nitrogens is 2. The van der Waals surface area contributed by atoms with Crippen molar-refractivity contribution in [1.82, 2.24) is 9.97 Å². The van der Waals surface area contributed by atoms with Crippen molar-refractivity contribution in [2.45, 2.75) is 51.7 Å². The molecule has 11 heteroatoms. The van der Waals surface area contributed by atoms with Crippen molar-refractivity contribution in [3.8, 4) is 22.6 Å². The summed E-state index contributed by atoms with van der Waals surface area (Å²) in [6, 6.07) is 10.9. The van der Waals surface area contributed by atoms with Crippen LogP contribution in [0.3, 0.4) is 0 Å². The van der Waals surface area contributed by atoms with E-state index in [1.54, 1.807) is 43.3 Å². The molecular weight excluding hydrogens is 617 g/mol. The molecule has 0 amide bonds. The first-order chi connectivity index (χ1) is 21.0. The highest BCUT2D eigenvalue weighted by molar-refractivity contribution is 7.79. The van der Waals surface area contributed by atoms with E-state index in [9.17, 15) is 19.8 Å². The first kappa shape index (κ1) is 32.7. The fourth-order valence-electron chi connectivity index (χ4n) is 4.74. The summed E-state index contributed by atoms with van der Waals surface area (Å²) in [6.07, 6.45) is 2.07. The van der Waals surface area contributed by atoms with Crippen molar-refractivity contribution in [1.29, 1.82) is 0 Å². The van der Waals surface area contributed by atoms with Crippen molar-refractivity contribution in [3.63, 3.8) is 0 Å². The van der Waals surface area contributed by atoms with E-state index in [4.69, 9.17) is 26.7 Å². The molecule has 4 aromatic rings. The maximum atomic E-state index is 14.0. The highest BCUT2D eigenvalue weighted by Gasteiger charge is 2.41. The molecule has 2 heterocycles. The Bertz CT molecular complexity index is 1750. The largest absolute Gasteiger partial charge is 0.504 e. The van der Waals surface area contributed by atoms with Crippen LogP contribution in [0.4, 0.5) is 0 Å². The van der Waals surface area contributed by atoms with Crippen LogP contribution in [0.1, 0.15) is 51.5 Å². The second-order valence-corrected chi connectivity index (χ2v) is 13.0. The number of ether oxygens (including phenoxy) is 2. The summed E-state index contributed by atoms with van der Waals surface area (Å²) in [6.45, 7) is 13.2. The normalized spacial score (nSPS) is 11.9. The summed E-state index contributed by atoms with van der Waals surface area (Å²) in [5.41, 5.74) is 3.57. The molecule has 2 N–H and O–H groups in total. The van der Waals surface area contributed by atoms with Gasteiger partial charge in [-0.15, -0.1) is 13.2 Å². The Kier molecular flexibility index (Phi) is 10.5. The minimum absolute atomic E-state index is 0.137. The van der Waals surface area contributed by atoms with Crippen molar-refractivity contribution in [2.75, 3.05) is 0 Å². The third-order valence-corrected chi connectivity index (χ3v) is 9.73. The predicted octanol–water partition coefficient (Wildman–Crippen LogP) is 7.69. The molecule has 0 aliphatic rings. The van der Waals surface area contributed by atoms with Crippen LogP contribution >= 0.6 is 32.9 Å². The average molecular weight is 649 g/mol. The Morgan fingerprint density at radius 1 is 0.977 bits per heavy atom. The van der Waals surface area contributed by atoms with Crippen molar-refractivity contribution >= 4 is 44.8 Å². The molecule has 0 bridgehead atoms. The van der Waals surface area contributed by atoms with Gasteiger partial charge in [-0.3, -0.25) is 9.97 Å². The SMILES string of the molecule is C=CCC(CC=C)(OC(=O)C(Cc1ccc(O)c(O)c1)OC(=O)c1ccc(-c2cssc2=S)cc1)c1nc(C)c(C)nc1C. The third-order valence-electron chi connectivity index (χ3n) is 7.07. The summed E-state index contributed by atoms with van der Waals surface area (Å²) in [5, 5.41) is 21.8. The van der Waals surface area contributed by atoms with Crippen LogP contribution in [0.25, 0.3) is 11.1 Å². The first-order valence-electron chi connectivity index (χ1n) is 13.6. The maximum absolute atomic E-state index is 14.0. The number of hydrogen-bond donors (Lipinski definition) is 2. The van der Waals surface area contributed by atoms with Gasteiger partial charge in [-0.1, -0.05) is 63.2 Å². The molecule has 0 radical (unpaired) electrons. The van der Waals surface area contributed by atoms with Gasteiger partial charge in [0, 0.05) is 30.2 Å². The molecule has 2 aromatic carbocycles. The van der Waals surface area contributed by atoms with E-state index in [1.165, 1.54) is 38.9 Å². The van der Waals surface area contributed by atoms with Crippen LogP contribution in [-0.4, -0.2) is 38.2 Å². The highest BCUT2D eigenvalue weighted by atomic mass is 32.9. The number of phenols is 2. The summed E-state index contributed by atoms with van der Waals surface area (Å²) >= 11 is 5.39. The topological polar surface area (TPSA) is 119 Å². The fraction of sp³-hybridized carbons (Fsp3) is 0.242. The Labute approximate surface area is 268 Å². The number of rotatable bonds is 12. The summed E-state index contributed by atoms with van der Waals surface area (Å²) in [4.78, 5) is 36.7. The summed E-state index contributed by atoms with van der Waals surface area (Å²) < 4.78 is 12.7. The zero-order valence-corrected chi connectivity index (χ0v) is 27.0. The molecule has 44 heavy (non-hydrogen) atoms. The molecule has 8 nitrogen and oxygen atoms in total. The van der Waals surface area contributed by atoms with Crippen molar-refractivity contribution in [2.24, 2.45) is 0 Å². The molecule has 0 fully saturated rings. The summed E-state index contributed by atoms with van der Waals surface area (Å²) in [5.74, 6) is -2.27. The monoisotopic (exact) mass is 648 g/mol. The van der Waals surface area contributed by atoms with Gasteiger partial charge in [-0.05, 0) is 56.2 Å². The molecule has 4 rings (SSSR count). The van der Waals surface area contributed by atoms with Gasteiger partial charge in [0.15, 0.2) is 17.1 Å². The van der Waals surface area contributed by atoms with Crippen LogP contribution in [0.15, 0.2) is 73.2 Å². The number of esters is 2. The van der Waals surface area contributed by atoms with Gasteiger partial charge < -0.3 is 19.7 Å². The zero-order chi connectivity index (χ0) is 32.0. The van der Waals surface area contributed by atoms with E-state index >= 15 is 0 Å². The van der Waals surface area contributed by atoms with Gasteiger partial charge in [0.05, 0.1) is 22.6 Å². The van der Waals surface area contributed by atoms with Gasteiger partial charge in [-0.2, -0.15) is 0 Å². The van der Waals surface area contributed by atoms with Gasteiger partial charge in [0.2, 0.25) is 6.10 Å². The Hall–Kier alpha value is -4.19. The lowest BCUT2D eigenvalue weighted by atomic mass is 9.89. The van der Waals surface area contributed by atoms with Crippen LogP contribution < -0.4 is 0 Å². The number of carbonyl (C=O) groups excluding carboxylic acids is 2. The minimum atomic E-state index is -1.42. The van der Waals surface area contributed by atoms with Gasteiger partial charge in [0.1, 0.15) is 9.52 Å². The Morgan fingerprint density at radius 2 is 1.64 bits per heavy atom. The molecule has 1 atom stereocenters. The average Bonchev–Trinajstić information content (AvgIpc) is 3.42. The molecule has 228 valence electrons. The molecule has 0 saturated heterocycles. The maximum Gasteiger partial charge on any atom is 0.348 e. The van der Waals surface area contributed by atoms with Crippen molar-refractivity contribution < 1.29 is 29.3 Å². The fourth-order valence-corrected chi connectivity index (χ4v) is 7.14. The number of aryl methyl sites for hydroxylation is 3. The smallest absolute Gasteiger partial charge is 0.348 e. The lowest BCUT2D eigenvalue weighted by molar-refractivity contribution is -0.171. The quantitative estimate of drug-likeness (QED) is 0.0524. The van der Waals surface area contributed by atoms with E-state index in [1.807, 2.05) is 19.2 Å². The van der Waals surface area contributed by atoms with Crippen LogP contribution in [-0.2, 0) is 26.3 Å². The molecule has 0 aliphatic heterocycles. The molecule has 2 aromatic heterocycles. The second kappa shape index (κ2) is 14.1. The van der Waals surface area contributed by atoms with Crippen molar-refractivity contribution in [3.05, 3.63) is 111 Å². The number of aromatic hydroxyl groups is 2. The second-order valence-electron chi connectivity index (χ2n) is 10.2. The number of carbonyl (C=O) groups is 2. The highest BCUT2D eigenvalue weighted by Crippen LogP contribution is 2.36. The van der Waals surface area contributed by atoms with Gasteiger partial charge >= 0.3 is 11.9 Å². The van der Waals surface area contributed by atoms with E-state index < -0.39 is 23.6 Å². The van der Waals surface area contributed by atoms with Crippen LogP contribution in [0, 0.1) is 24.6 Å². The molecule has 0 aliphatic carbocycles. The molecule has 0 saturated carbocycles. The number of benzene rings is 2. The molecular formula is C33H32N2O6S3. The minimum Gasteiger partial charge on any atom is -0.504 e. The summed E-state index contributed by atoms with van der Waals surface area (Å²) in [7, 11) is 3.03. The number of phenolic OH excluding ortho intramolecular Hbond substituents is 2. The Morgan fingerprint density at radius 3 is 2.23 bits per heavy atom. The van der Waals surface area contributed by atoms with Gasteiger partial charge in [0.25, 0.3) is 0 Å².